The summed E-state index contributed by atoms with van der Waals surface area (Å²) >= 11 is 11.4. The minimum absolute atomic E-state index is 0.159. The highest BCUT2D eigenvalue weighted by Crippen LogP contribution is 2.27. The molecule has 1 amide bonds. The lowest BCUT2D eigenvalue weighted by Gasteiger charge is -2.14. The zero-order chi connectivity index (χ0) is 20.6. The van der Waals surface area contributed by atoms with Crippen molar-refractivity contribution in [2.75, 3.05) is 17.7 Å². The third-order valence-corrected chi connectivity index (χ3v) is 4.53. The summed E-state index contributed by atoms with van der Waals surface area (Å²) in [7, 11) is 1.57. The molecule has 0 spiro atoms. The van der Waals surface area contributed by atoms with Gasteiger partial charge in [0.25, 0.3) is 5.91 Å². The molecule has 3 aromatic carbocycles. The van der Waals surface area contributed by atoms with E-state index in [4.69, 9.17) is 28.6 Å². The van der Waals surface area contributed by atoms with Crippen molar-refractivity contribution in [2.45, 2.75) is 6.54 Å². The molecular formula is C22H20ClN3O2S. The van der Waals surface area contributed by atoms with Gasteiger partial charge in [-0.3, -0.25) is 4.79 Å². The summed E-state index contributed by atoms with van der Waals surface area (Å²) < 4.78 is 5.30. The monoisotopic (exact) mass is 425 g/mol. The topological polar surface area (TPSA) is 62.4 Å². The quantitative estimate of drug-likeness (QED) is 0.480. The molecule has 0 aliphatic carbocycles. The Balaban J connectivity index is 1.62. The van der Waals surface area contributed by atoms with E-state index in [1.54, 1.807) is 43.5 Å². The van der Waals surface area contributed by atoms with Crippen molar-refractivity contribution >= 4 is 46.2 Å². The molecule has 3 rings (SSSR count). The number of ether oxygens (including phenoxy) is 1. The summed E-state index contributed by atoms with van der Waals surface area (Å²) in [4.78, 5) is 12.4. The van der Waals surface area contributed by atoms with E-state index in [1.807, 2.05) is 36.4 Å². The van der Waals surface area contributed by atoms with Crippen molar-refractivity contribution in [1.82, 2.24) is 5.32 Å². The first-order chi connectivity index (χ1) is 14.0. The second kappa shape index (κ2) is 9.91. The molecule has 148 valence electrons. The Hall–Kier alpha value is -3.09. The molecule has 0 unspecified atom stereocenters. The predicted octanol–water partition coefficient (Wildman–Crippen LogP) is 5.09. The smallest absolute Gasteiger partial charge is 0.251 e. The van der Waals surface area contributed by atoms with E-state index < -0.39 is 0 Å². The average Bonchev–Trinajstić information content (AvgIpc) is 2.73. The number of nitrogens with one attached hydrogen (secondary N) is 3. The fourth-order valence-electron chi connectivity index (χ4n) is 2.68. The molecule has 0 aromatic heterocycles. The second-order valence-electron chi connectivity index (χ2n) is 6.17. The Morgan fingerprint density at radius 3 is 2.55 bits per heavy atom. The molecule has 0 aliphatic rings. The van der Waals surface area contributed by atoms with Crippen molar-refractivity contribution < 1.29 is 9.53 Å². The number of methoxy groups -OCH3 is 1. The fourth-order valence-corrected chi connectivity index (χ4v) is 3.08. The Morgan fingerprint density at radius 1 is 1.00 bits per heavy atom. The van der Waals surface area contributed by atoms with Crippen molar-refractivity contribution in [3.63, 3.8) is 0 Å². The number of hydrogen-bond acceptors (Lipinski definition) is 3. The van der Waals surface area contributed by atoms with Gasteiger partial charge in [-0.25, -0.2) is 0 Å². The summed E-state index contributed by atoms with van der Waals surface area (Å²) in [6, 6.07) is 22.1. The molecule has 0 aliphatic heterocycles. The maximum atomic E-state index is 12.4. The zero-order valence-corrected chi connectivity index (χ0v) is 17.3. The number of thiocarbonyl (C=S) groups is 1. The Morgan fingerprint density at radius 2 is 1.79 bits per heavy atom. The lowest BCUT2D eigenvalue weighted by atomic mass is 10.1. The molecule has 29 heavy (non-hydrogen) atoms. The fraction of sp³-hybridized carbons (Fsp3) is 0.0909. The summed E-state index contributed by atoms with van der Waals surface area (Å²) in [6.07, 6.45) is 0. The van der Waals surface area contributed by atoms with Crippen LogP contribution >= 0.6 is 23.8 Å². The van der Waals surface area contributed by atoms with Gasteiger partial charge in [-0.2, -0.15) is 0 Å². The van der Waals surface area contributed by atoms with Crippen molar-refractivity contribution in [3.05, 3.63) is 88.9 Å². The van der Waals surface area contributed by atoms with Gasteiger partial charge in [-0.1, -0.05) is 48.0 Å². The Kier molecular flexibility index (Phi) is 7.05. The molecule has 7 heteroatoms. The van der Waals surface area contributed by atoms with Crippen LogP contribution in [0.1, 0.15) is 15.9 Å². The number of amides is 1. The molecular weight excluding hydrogens is 406 g/mol. The molecule has 5 nitrogen and oxygen atoms in total. The lowest BCUT2D eigenvalue weighted by Crippen LogP contribution is -2.23. The third-order valence-electron chi connectivity index (χ3n) is 4.09. The van der Waals surface area contributed by atoms with Gasteiger partial charge in [0, 0.05) is 22.8 Å². The van der Waals surface area contributed by atoms with Crippen LogP contribution in [0.4, 0.5) is 11.4 Å². The first-order valence-corrected chi connectivity index (χ1v) is 9.67. The Labute approximate surface area is 180 Å². The zero-order valence-electron chi connectivity index (χ0n) is 15.7. The first kappa shape index (κ1) is 20.6. The first-order valence-electron chi connectivity index (χ1n) is 8.89. The number of benzene rings is 3. The largest absolute Gasteiger partial charge is 0.495 e. The van der Waals surface area contributed by atoms with Gasteiger partial charge >= 0.3 is 0 Å². The highest BCUT2D eigenvalue weighted by atomic mass is 35.5. The van der Waals surface area contributed by atoms with Crippen LogP contribution in [0.5, 0.6) is 5.75 Å². The molecule has 3 aromatic rings. The highest BCUT2D eigenvalue weighted by Gasteiger charge is 2.09. The van der Waals surface area contributed by atoms with Crippen LogP contribution < -0.4 is 20.7 Å². The minimum Gasteiger partial charge on any atom is -0.495 e. The second-order valence-corrected chi connectivity index (χ2v) is 7.02. The SMILES string of the molecule is COc1ccc(Cl)cc1NC(=S)Nc1cccc(C(=O)NCc2ccccc2)c1. The number of carbonyl (C=O) groups excluding carboxylic acids is 1. The summed E-state index contributed by atoms with van der Waals surface area (Å²) in [5.41, 5.74) is 2.91. The van der Waals surface area contributed by atoms with Crippen molar-refractivity contribution in [3.8, 4) is 5.75 Å². The standard InChI is InChI=1S/C22H20ClN3O2S/c1-28-20-11-10-17(23)13-19(20)26-22(29)25-18-9-5-8-16(12-18)21(27)24-14-15-6-3-2-4-7-15/h2-13H,14H2,1H3,(H,24,27)(H2,25,26,29). The van der Waals surface area contributed by atoms with Gasteiger partial charge < -0.3 is 20.7 Å². The Bertz CT molecular complexity index is 1010. The van der Waals surface area contributed by atoms with Gasteiger partial charge in [0.15, 0.2) is 5.11 Å². The van der Waals surface area contributed by atoms with Gasteiger partial charge in [-0.05, 0) is 54.2 Å². The van der Waals surface area contributed by atoms with Gasteiger partial charge in [0.1, 0.15) is 5.75 Å². The summed E-state index contributed by atoms with van der Waals surface area (Å²) in [6.45, 7) is 0.464. The maximum absolute atomic E-state index is 12.4. The molecule has 3 N–H and O–H groups in total. The number of anilines is 2. The van der Waals surface area contributed by atoms with Crippen LogP contribution in [0.3, 0.4) is 0 Å². The molecule has 0 saturated carbocycles. The van der Waals surface area contributed by atoms with E-state index in [1.165, 1.54) is 0 Å². The summed E-state index contributed by atoms with van der Waals surface area (Å²) in [5.74, 6) is 0.459. The molecule has 0 fully saturated rings. The molecule has 0 saturated heterocycles. The average molecular weight is 426 g/mol. The van der Waals surface area contributed by atoms with Crippen LogP contribution in [0.25, 0.3) is 0 Å². The highest BCUT2D eigenvalue weighted by molar-refractivity contribution is 7.80. The number of carbonyl (C=O) groups is 1. The molecule has 0 heterocycles. The van der Waals surface area contributed by atoms with E-state index in [0.717, 1.165) is 5.56 Å². The van der Waals surface area contributed by atoms with Crippen LogP contribution in [0.15, 0.2) is 72.8 Å². The van der Waals surface area contributed by atoms with E-state index in [0.29, 0.717) is 39.4 Å². The predicted molar refractivity (Wildman–Crippen MR) is 122 cm³/mol. The van der Waals surface area contributed by atoms with E-state index >= 15 is 0 Å². The molecule has 0 radical (unpaired) electrons. The number of hydrogen-bond donors (Lipinski definition) is 3. The normalized spacial score (nSPS) is 10.1. The van der Waals surface area contributed by atoms with Crippen LogP contribution in [0.2, 0.25) is 5.02 Å². The van der Waals surface area contributed by atoms with Crippen molar-refractivity contribution in [2.24, 2.45) is 0 Å². The molecule has 0 atom stereocenters. The number of halogens is 1. The number of rotatable bonds is 6. The van der Waals surface area contributed by atoms with E-state index in [9.17, 15) is 4.79 Å². The van der Waals surface area contributed by atoms with E-state index in [-0.39, 0.29) is 5.91 Å². The van der Waals surface area contributed by atoms with Crippen molar-refractivity contribution in [1.29, 1.82) is 0 Å². The van der Waals surface area contributed by atoms with Gasteiger partial charge in [0.05, 0.1) is 12.8 Å². The summed E-state index contributed by atoms with van der Waals surface area (Å²) in [5, 5.41) is 9.96. The van der Waals surface area contributed by atoms with Crippen LogP contribution in [0, 0.1) is 0 Å². The van der Waals surface area contributed by atoms with Gasteiger partial charge in [0.2, 0.25) is 0 Å². The maximum Gasteiger partial charge on any atom is 0.251 e. The lowest BCUT2D eigenvalue weighted by molar-refractivity contribution is 0.0951. The minimum atomic E-state index is -0.159. The molecule has 0 bridgehead atoms. The third kappa shape index (κ3) is 5.94. The van der Waals surface area contributed by atoms with Gasteiger partial charge in [-0.15, -0.1) is 0 Å². The van der Waals surface area contributed by atoms with E-state index in [2.05, 4.69) is 16.0 Å². The van der Waals surface area contributed by atoms with Crippen LogP contribution in [-0.2, 0) is 6.54 Å². The van der Waals surface area contributed by atoms with Crippen LogP contribution in [-0.4, -0.2) is 18.1 Å².